The molecule has 0 saturated heterocycles. The van der Waals surface area contributed by atoms with Crippen LogP contribution < -0.4 is 4.74 Å². The first-order valence-corrected chi connectivity index (χ1v) is 7.80. The van der Waals surface area contributed by atoms with Crippen LogP contribution in [0.15, 0.2) is 59.5 Å². The average molecular weight is 356 g/mol. The van der Waals surface area contributed by atoms with Crippen molar-refractivity contribution >= 4 is 16.9 Å². The van der Waals surface area contributed by atoms with Crippen molar-refractivity contribution in [3.05, 3.63) is 60.2 Å². The van der Waals surface area contributed by atoms with Gasteiger partial charge in [0.25, 0.3) is 0 Å². The monoisotopic (exact) mass is 356 g/mol. The van der Waals surface area contributed by atoms with Gasteiger partial charge in [-0.1, -0.05) is 42.1 Å². The van der Waals surface area contributed by atoms with Crippen LogP contribution in [0.25, 0.3) is 0 Å². The minimum atomic E-state index is -4.86. The molecule has 0 amide bonds. The van der Waals surface area contributed by atoms with Gasteiger partial charge in [-0.05, 0) is 29.8 Å². The summed E-state index contributed by atoms with van der Waals surface area (Å²) >= 11 is 0.466. The molecule has 0 saturated carbocycles. The van der Waals surface area contributed by atoms with Gasteiger partial charge in [0.1, 0.15) is 5.75 Å². The van der Waals surface area contributed by atoms with E-state index in [2.05, 4.69) is 0 Å². The lowest BCUT2D eigenvalue weighted by molar-refractivity contribution is -0.197. The molecule has 2 atom stereocenters. The summed E-state index contributed by atoms with van der Waals surface area (Å²) in [6.45, 7) is 0. The molecule has 2 aromatic rings. The van der Waals surface area contributed by atoms with Gasteiger partial charge in [-0.2, -0.15) is 13.2 Å². The predicted molar refractivity (Wildman–Crippen MR) is 84.8 cm³/mol. The fraction of sp³-hybridized carbons (Fsp3) is 0.235. The molecule has 0 aliphatic heterocycles. The molecule has 0 unspecified atom stereocenters. The van der Waals surface area contributed by atoms with E-state index in [4.69, 9.17) is 4.74 Å². The number of halogens is 3. The van der Waals surface area contributed by atoms with Gasteiger partial charge in [0.2, 0.25) is 5.12 Å². The number of alkyl halides is 3. The van der Waals surface area contributed by atoms with E-state index >= 15 is 0 Å². The van der Waals surface area contributed by atoms with Crippen LogP contribution in [0, 0.1) is 5.92 Å². The number of hydrogen-bond acceptors (Lipinski definition) is 4. The second kappa shape index (κ2) is 7.72. The number of aliphatic hydroxyl groups excluding tert-OH is 1. The Morgan fingerprint density at radius 3 is 2.17 bits per heavy atom. The van der Waals surface area contributed by atoms with Crippen molar-refractivity contribution in [2.24, 2.45) is 5.92 Å². The van der Waals surface area contributed by atoms with Crippen molar-refractivity contribution < 1.29 is 27.8 Å². The van der Waals surface area contributed by atoms with Crippen molar-refractivity contribution in [1.29, 1.82) is 0 Å². The summed E-state index contributed by atoms with van der Waals surface area (Å²) in [4.78, 5) is 12.5. The molecule has 0 aromatic heterocycles. The van der Waals surface area contributed by atoms with E-state index in [0.717, 1.165) is 0 Å². The van der Waals surface area contributed by atoms with Gasteiger partial charge in [0.15, 0.2) is 5.92 Å². The minimum absolute atomic E-state index is 0.000127. The molecule has 0 aliphatic carbocycles. The molecule has 128 valence electrons. The van der Waals surface area contributed by atoms with Crippen molar-refractivity contribution in [1.82, 2.24) is 0 Å². The average Bonchev–Trinajstić information content (AvgIpc) is 2.54. The Balaban J connectivity index is 2.25. The van der Waals surface area contributed by atoms with E-state index in [9.17, 15) is 23.1 Å². The maximum Gasteiger partial charge on any atom is 0.402 e. The Morgan fingerprint density at radius 2 is 1.67 bits per heavy atom. The van der Waals surface area contributed by atoms with E-state index < -0.39 is 23.3 Å². The lowest BCUT2D eigenvalue weighted by Gasteiger charge is -2.24. The summed E-state index contributed by atoms with van der Waals surface area (Å²) in [7, 11) is 1.42. The zero-order valence-electron chi connectivity index (χ0n) is 12.7. The third-order valence-electron chi connectivity index (χ3n) is 3.34. The molecule has 2 rings (SSSR count). The van der Waals surface area contributed by atoms with Crippen molar-refractivity contribution in [3.63, 3.8) is 0 Å². The quantitative estimate of drug-likeness (QED) is 0.815. The highest BCUT2D eigenvalue weighted by Crippen LogP contribution is 2.41. The Hall–Kier alpha value is -1.99. The molecule has 1 N–H and O–H groups in total. The van der Waals surface area contributed by atoms with Crippen LogP contribution >= 0.6 is 11.8 Å². The number of rotatable bonds is 5. The fourth-order valence-electron chi connectivity index (χ4n) is 2.10. The highest BCUT2D eigenvalue weighted by molar-refractivity contribution is 8.13. The Bertz CT molecular complexity index is 672. The van der Waals surface area contributed by atoms with E-state index in [-0.39, 0.29) is 5.56 Å². The summed E-state index contributed by atoms with van der Waals surface area (Å²) < 4.78 is 44.9. The number of benzene rings is 2. The van der Waals surface area contributed by atoms with Crippen LogP contribution in [0.2, 0.25) is 0 Å². The van der Waals surface area contributed by atoms with Gasteiger partial charge in [-0.25, -0.2) is 0 Å². The SMILES string of the molecule is COc1ccc([C@H](O)[C@H](C(=O)Sc2ccccc2)C(F)(F)F)cc1. The number of carbonyl (C=O) groups is 1. The third kappa shape index (κ3) is 4.52. The number of carbonyl (C=O) groups excluding carboxylic acids is 1. The van der Waals surface area contributed by atoms with E-state index in [1.165, 1.54) is 43.5 Å². The van der Waals surface area contributed by atoms with Crippen LogP contribution in [0.5, 0.6) is 5.75 Å². The number of aliphatic hydroxyl groups is 1. The topological polar surface area (TPSA) is 46.5 Å². The Labute approximate surface area is 141 Å². The molecule has 0 spiro atoms. The normalized spacial score (nSPS) is 14.0. The summed E-state index contributed by atoms with van der Waals surface area (Å²) in [5, 5.41) is 8.98. The van der Waals surface area contributed by atoms with Gasteiger partial charge >= 0.3 is 6.18 Å². The summed E-state index contributed by atoms with van der Waals surface area (Å²) in [5.41, 5.74) is 0.000127. The van der Waals surface area contributed by atoms with Gasteiger partial charge in [-0.3, -0.25) is 4.79 Å². The minimum Gasteiger partial charge on any atom is -0.497 e. The maximum absolute atomic E-state index is 13.3. The van der Waals surface area contributed by atoms with E-state index in [1.54, 1.807) is 18.2 Å². The third-order valence-corrected chi connectivity index (χ3v) is 4.30. The number of hydrogen-bond donors (Lipinski definition) is 1. The first-order valence-electron chi connectivity index (χ1n) is 6.98. The van der Waals surface area contributed by atoms with Gasteiger partial charge in [0.05, 0.1) is 13.2 Å². The molecular weight excluding hydrogens is 341 g/mol. The van der Waals surface area contributed by atoms with Gasteiger partial charge in [-0.15, -0.1) is 0 Å². The first-order chi connectivity index (χ1) is 11.3. The van der Waals surface area contributed by atoms with E-state index in [0.29, 0.717) is 22.4 Å². The standard InChI is InChI=1S/C17H15F3O3S/c1-23-12-9-7-11(8-10-12)15(21)14(17(18,19)20)16(22)24-13-5-3-2-4-6-13/h2-10,14-15,21H,1H3/t14-,15+/m1/s1. The molecule has 3 nitrogen and oxygen atoms in total. The lowest BCUT2D eigenvalue weighted by atomic mass is 9.96. The fourth-order valence-corrected chi connectivity index (χ4v) is 3.02. The molecule has 0 radical (unpaired) electrons. The zero-order chi connectivity index (χ0) is 17.7. The molecule has 0 aliphatic rings. The van der Waals surface area contributed by atoms with Crippen molar-refractivity contribution in [3.8, 4) is 5.75 Å². The highest BCUT2D eigenvalue weighted by atomic mass is 32.2. The molecule has 2 aromatic carbocycles. The predicted octanol–water partition coefficient (Wildman–Crippen LogP) is 4.23. The first kappa shape index (κ1) is 18.4. The summed E-state index contributed by atoms with van der Waals surface area (Å²) in [6, 6.07) is 13.5. The number of thioether (sulfide) groups is 1. The molecule has 0 heterocycles. The Kier molecular flexibility index (Phi) is 5.90. The second-order valence-corrected chi connectivity index (χ2v) is 6.05. The van der Waals surface area contributed by atoms with Crippen LogP contribution in [-0.4, -0.2) is 23.5 Å². The van der Waals surface area contributed by atoms with Gasteiger partial charge in [0, 0.05) is 4.90 Å². The van der Waals surface area contributed by atoms with Crippen molar-refractivity contribution in [2.75, 3.05) is 7.11 Å². The van der Waals surface area contributed by atoms with Crippen LogP contribution in [0.3, 0.4) is 0 Å². The maximum atomic E-state index is 13.3. The second-order valence-electron chi connectivity index (χ2n) is 4.97. The summed E-state index contributed by atoms with van der Waals surface area (Å²) in [6.07, 6.45) is -6.85. The van der Waals surface area contributed by atoms with Crippen molar-refractivity contribution in [2.45, 2.75) is 17.2 Å². The number of ether oxygens (including phenoxy) is 1. The smallest absolute Gasteiger partial charge is 0.402 e. The number of methoxy groups -OCH3 is 1. The highest BCUT2D eigenvalue weighted by Gasteiger charge is 2.49. The molecule has 7 heteroatoms. The molecular formula is C17H15F3O3S. The Morgan fingerprint density at radius 1 is 1.08 bits per heavy atom. The summed E-state index contributed by atoms with van der Waals surface area (Å²) in [5.74, 6) is -2.07. The zero-order valence-corrected chi connectivity index (χ0v) is 13.5. The lowest BCUT2D eigenvalue weighted by Crippen LogP contribution is -2.34. The van der Waals surface area contributed by atoms with Crippen LogP contribution in [0.1, 0.15) is 11.7 Å². The van der Waals surface area contributed by atoms with E-state index in [1.807, 2.05) is 0 Å². The molecule has 0 bridgehead atoms. The largest absolute Gasteiger partial charge is 0.497 e. The van der Waals surface area contributed by atoms with Crippen LogP contribution in [-0.2, 0) is 4.79 Å². The molecule has 24 heavy (non-hydrogen) atoms. The van der Waals surface area contributed by atoms with Gasteiger partial charge < -0.3 is 9.84 Å². The molecule has 0 fully saturated rings. The van der Waals surface area contributed by atoms with Crippen LogP contribution in [0.4, 0.5) is 13.2 Å².